The average Bonchev–Trinajstić information content (AvgIpc) is 3.02. The van der Waals surface area contributed by atoms with E-state index in [0.29, 0.717) is 25.5 Å². The number of aromatic nitrogens is 2. The molecule has 7 heteroatoms. The largest absolute Gasteiger partial charge is 0.355 e. The minimum atomic E-state index is -0.385. The highest BCUT2D eigenvalue weighted by atomic mass is 16.7. The van der Waals surface area contributed by atoms with Gasteiger partial charge < -0.3 is 19.7 Å². The standard InChI is InChI=1S/C15H22N4O3/c1-2-5-16-14(20)12-10-18-13(11-17-12)19-6-3-15(4-7-19)21-8-9-22-15/h10-11H,2-9H2,1H3,(H,16,20). The van der Waals surface area contributed by atoms with Crippen LogP contribution in [0.3, 0.4) is 0 Å². The van der Waals surface area contributed by atoms with Crippen LogP contribution in [0, 0.1) is 0 Å². The number of carbonyl (C=O) groups is 1. The van der Waals surface area contributed by atoms with Gasteiger partial charge in [-0.2, -0.15) is 0 Å². The summed E-state index contributed by atoms with van der Waals surface area (Å²) in [6.45, 7) is 5.65. The highest BCUT2D eigenvalue weighted by molar-refractivity contribution is 5.91. The lowest BCUT2D eigenvalue weighted by molar-refractivity contribution is -0.169. The zero-order valence-corrected chi connectivity index (χ0v) is 12.9. The smallest absolute Gasteiger partial charge is 0.271 e. The zero-order chi connectivity index (χ0) is 15.4. The topological polar surface area (TPSA) is 76.6 Å². The van der Waals surface area contributed by atoms with Crippen molar-refractivity contribution in [2.75, 3.05) is 37.7 Å². The molecule has 3 heterocycles. The van der Waals surface area contributed by atoms with Gasteiger partial charge in [0, 0.05) is 32.5 Å². The molecule has 0 aromatic carbocycles. The molecule has 0 bridgehead atoms. The molecule has 2 aliphatic rings. The van der Waals surface area contributed by atoms with Crippen LogP contribution in [-0.4, -0.2) is 54.5 Å². The van der Waals surface area contributed by atoms with E-state index in [-0.39, 0.29) is 11.7 Å². The van der Waals surface area contributed by atoms with E-state index in [1.165, 1.54) is 6.20 Å². The molecule has 22 heavy (non-hydrogen) atoms. The maximum absolute atomic E-state index is 11.8. The van der Waals surface area contributed by atoms with Gasteiger partial charge in [-0.1, -0.05) is 6.92 Å². The molecule has 120 valence electrons. The third-order valence-corrected chi connectivity index (χ3v) is 4.07. The quantitative estimate of drug-likeness (QED) is 0.893. The van der Waals surface area contributed by atoms with Crippen molar-refractivity contribution in [1.82, 2.24) is 15.3 Å². The van der Waals surface area contributed by atoms with Crippen molar-refractivity contribution in [3.05, 3.63) is 18.1 Å². The van der Waals surface area contributed by atoms with Gasteiger partial charge in [0.25, 0.3) is 5.91 Å². The minimum Gasteiger partial charge on any atom is -0.355 e. The van der Waals surface area contributed by atoms with Crippen LogP contribution in [0.4, 0.5) is 5.82 Å². The molecule has 1 N–H and O–H groups in total. The highest BCUT2D eigenvalue weighted by Gasteiger charge is 2.40. The Morgan fingerprint density at radius 2 is 2.00 bits per heavy atom. The van der Waals surface area contributed by atoms with E-state index in [0.717, 1.165) is 38.2 Å². The van der Waals surface area contributed by atoms with E-state index in [4.69, 9.17) is 9.47 Å². The number of piperidine rings is 1. The SMILES string of the molecule is CCCNC(=O)c1cnc(N2CCC3(CC2)OCCO3)cn1. The maximum Gasteiger partial charge on any atom is 0.271 e. The Morgan fingerprint density at radius 3 is 2.59 bits per heavy atom. The summed E-state index contributed by atoms with van der Waals surface area (Å²) in [6, 6.07) is 0. The summed E-state index contributed by atoms with van der Waals surface area (Å²) in [5, 5.41) is 2.79. The van der Waals surface area contributed by atoms with Crippen LogP contribution in [-0.2, 0) is 9.47 Å². The summed E-state index contributed by atoms with van der Waals surface area (Å²) in [4.78, 5) is 22.5. The second kappa shape index (κ2) is 6.58. The van der Waals surface area contributed by atoms with Gasteiger partial charge in [-0.25, -0.2) is 9.97 Å². The Labute approximate surface area is 130 Å². The van der Waals surface area contributed by atoms with Crippen molar-refractivity contribution in [3.8, 4) is 0 Å². The first kappa shape index (κ1) is 15.2. The lowest BCUT2D eigenvalue weighted by Crippen LogP contribution is -2.45. The molecule has 0 atom stereocenters. The van der Waals surface area contributed by atoms with Gasteiger partial charge >= 0.3 is 0 Å². The Hall–Kier alpha value is -1.73. The third-order valence-electron chi connectivity index (χ3n) is 4.07. The molecule has 1 aromatic rings. The van der Waals surface area contributed by atoms with Crippen molar-refractivity contribution in [2.24, 2.45) is 0 Å². The highest BCUT2D eigenvalue weighted by Crippen LogP contribution is 2.32. The second-order valence-corrected chi connectivity index (χ2v) is 5.61. The number of hydrogen-bond donors (Lipinski definition) is 1. The summed E-state index contributed by atoms with van der Waals surface area (Å²) in [5.74, 6) is 0.232. The molecule has 2 saturated heterocycles. The van der Waals surface area contributed by atoms with Crippen molar-refractivity contribution in [1.29, 1.82) is 0 Å². The maximum atomic E-state index is 11.8. The summed E-state index contributed by atoms with van der Waals surface area (Å²) in [5.41, 5.74) is 0.355. The molecule has 0 saturated carbocycles. The predicted octanol–water partition coefficient (Wildman–Crippen LogP) is 0.960. The first-order chi connectivity index (χ1) is 10.7. The van der Waals surface area contributed by atoms with Gasteiger partial charge in [-0.15, -0.1) is 0 Å². The van der Waals surface area contributed by atoms with Crippen LogP contribution < -0.4 is 10.2 Å². The van der Waals surface area contributed by atoms with E-state index >= 15 is 0 Å². The third kappa shape index (κ3) is 3.20. The van der Waals surface area contributed by atoms with Gasteiger partial charge in [-0.3, -0.25) is 4.79 Å². The fourth-order valence-corrected chi connectivity index (χ4v) is 2.79. The number of nitrogens with zero attached hydrogens (tertiary/aromatic N) is 3. The number of amides is 1. The number of hydrogen-bond acceptors (Lipinski definition) is 6. The molecule has 0 radical (unpaired) electrons. The lowest BCUT2D eigenvalue weighted by Gasteiger charge is -2.37. The average molecular weight is 306 g/mol. The van der Waals surface area contributed by atoms with Crippen molar-refractivity contribution in [2.45, 2.75) is 32.0 Å². The Bertz CT molecular complexity index is 504. The van der Waals surface area contributed by atoms with Crippen LogP contribution in [0.2, 0.25) is 0 Å². The lowest BCUT2D eigenvalue weighted by atomic mass is 10.0. The van der Waals surface area contributed by atoms with E-state index in [9.17, 15) is 4.79 Å². The van der Waals surface area contributed by atoms with Gasteiger partial charge in [0.1, 0.15) is 11.5 Å². The summed E-state index contributed by atoms with van der Waals surface area (Å²) in [6.07, 6.45) is 5.75. The molecule has 1 amide bonds. The fourth-order valence-electron chi connectivity index (χ4n) is 2.79. The van der Waals surface area contributed by atoms with Gasteiger partial charge in [0.15, 0.2) is 5.79 Å². The molecular weight excluding hydrogens is 284 g/mol. The van der Waals surface area contributed by atoms with Crippen molar-refractivity contribution >= 4 is 11.7 Å². The van der Waals surface area contributed by atoms with E-state index < -0.39 is 0 Å². The van der Waals surface area contributed by atoms with Crippen LogP contribution in [0.1, 0.15) is 36.7 Å². The molecular formula is C15H22N4O3. The Balaban J connectivity index is 1.58. The number of rotatable bonds is 4. The van der Waals surface area contributed by atoms with Gasteiger partial charge in [-0.05, 0) is 6.42 Å². The Morgan fingerprint density at radius 1 is 1.27 bits per heavy atom. The summed E-state index contributed by atoms with van der Waals surface area (Å²) < 4.78 is 11.4. The number of ether oxygens (including phenoxy) is 2. The number of anilines is 1. The van der Waals surface area contributed by atoms with Gasteiger partial charge in [0.05, 0.1) is 25.6 Å². The summed E-state index contributed by atoms with van der Waals surface area (Å²) >= 11 is 0. The van der Waals surface area contributed by atoms with Crippen molar-refractivity contribution < 1.29 is 14.3 Å². The predicted molar refractivity (Wildman–Crippen MR) is 80.7 cm³/mol. The molecule has 7 nitrogen and oxygen atoms in total. The molecule has 1 aromatic heterocycles. The van der Waals surface area contributed by atoms with Crippen LogP contribution >= 0.6 is 0 Å². The first-order valence-corrected chi connectivity index (χ1v) is 7.85. The van der Waals surface area contributed by atoms with Gasteiger partial charge in [0.2, 0.25) is 0 Å². The number of nitrogens with one attached hydrogen (secondary N) is 1. The van der Waals surface area contributed by atoms with Crippen molar-refractivity contribution in [3.63, 3.8) is 0 Å². The van der Waals surface area contributed by atoms with Crippen LogP contribution in [0.25, 0.3) is 0 Å². The molecule has 1 spiro atoms. The van der Waals surface area contributed by atoms with E-state index in [2.05, 4.69) is 20.2 Å². The monoisotopic (exact) mass is 306 g/mol. The zero-order valence-electron chi connectivity index (χ0n) is 12.9. The van der Waals surface area contributed by atoms with Crippen LogP contribution in [0.5, 0.6) is 0 Å². The van der Waals surface area contributed by atoms with Crippen LogP contribution in [0.15, 0.2) is 12.4 Å². The number of carbonyl (C=O) groups excluding carboxylic acids is 1. The normalized spacial score (nSPS) is 20.3. The Kier molecular flexibility index (Phi) is 4.54. The summed E-state index contributed by atoms with van der Waals surface area (Å²) in [7, 11) is 0. The molecule has 2 fully saturated rings. The molecule has 2 aliphatic heterocycles. The molecule has 0 aliphatic carbocycles. The molecule has 3 rings (SSSR count). The minimum absolute atomic E-state index is 0.175. The van der Waals surface area contributed by atoms with E-state index in [1.807, 2.05) is 6.92 Å². The molecule has 0 unspecified atom stereocenters. The first-order valence-electron chi connectivity index (χ1n) is 7.85. The van der Waals surface area contributed by atoms with E-state index in [1.54, 1.807) is 6.20 Å². The fraction of sp³-hybridized carbons (Fsp3) is 0.667. The second-order valence-electron chi connectivity index (χ2n) is 5.61.